The zero-order chi connectivity index (χ0) is 34.1. The summed E-state index contributed by atoms with van der Waals surface area (Å²) in [5, 5.41) is 0. The van der Waals surface area contributed by atoms with Gasteiger partial charge < -0.3 is 11.5 Å². The lowest BCUT2D eigenvalue weighted by Gasteiger charge is -2.13. The molecule has 48 heavy (non-hydrogen) atoms. The highest BCUT2D eigenvalue weighted by Crippen LogP contribution is 2.24. The standard InChI is InChI=1S/C46H64N2/c1-35-29-41(33-39-21-25-43(47)26-22-39)30-36(2)45(35)19-17-15-13-11-9-7-5-6-8-10-12-14-16-18-20-46-37(3)31-42(32-38(46)4)34-40-23-27-44(48)28-24-40/h21-32H,5-20,33-34,47-48H2,1-4H3. The Hall–Kier alpha value is -3.52. The minimum absolute atomic E-state index is 0.834. The molecule has 0 aliphatic rings. The predicted molar refractivity (Wildman–Crippen MR) is 211 cm³/mol. The van der Waals surface area contributed by atoms with E-state index >= 15 is 0 Å². The number of hydrogen-bond acceptors (Lipinski definition) is 2. The van der Waals surface area contributed by atoms with Crippen LogP contribution in [0, 0.1) is 27.7 Å². The molecule has 2 heteroatoms. The number of aryl methyl sites for hydroxylation is 4. The van der Waals surface area contributed by atoms with Crippen LogP contribution in [-0.4, -0.2) is 0 Å². The van der Waals surface area contributed by atoms with Gasteiger partial charge in [0, 0.05) is 11.4 Å². The molecule has 0 heterocycles. The van der Waals surface area contributed by atoms with E-state index in [4.69, 9.17) is 11.5 Å². The number of rotatable bonds is 21. The Bertz CT molecular complexity index is 1350. The normalized spacial score (nSPS) is 11.3. The summed E-state index contributed by atoms with van der Waals surface area (Å²) < 4.78 is 0. The molecule has 0 atom stereocenters. The molecule has 258 valence electrons. The molecule has 0 unspecified atom stereocenters. The maximum atomic E-state index is 5.85. The number of nitrogen functional groups attached to an aromatic ring is 2. The summed E-state index contributed by atoms with van der Waals surface area (Å²) in [6, 6.07) is 26.2. The van der Waals surface area contributed by atoms with E-state index in [9.17, 15) is 0 Å². The quantitative estimate of drug-likeness (QED) is 0.0700. The van der Waals surface area contributed by atoms with Crippen LogP contribution in [0.3, 0.4) is 0 Å². The molecule has 0 spiro atoms. The van der Waals surface area contributed by atoms with Crippen LogP contribution in [0.15, 0.2) is 72.8 Å². The van der Waals surface area contributed by atoms with Gasteiger partial charge in [0.05, 0.1) is 0 Å². The Kier molecular flexibility index (Phi) is 15.6. The van der Waals surface area contributed by atoms with E-state index in [0.29, 0.717) is 0 Å². The minimum Gasteiger partial charge on any atom is -0.399 e. The largest absolute Gasteiger partial charge is 0.399 e. The van der Waals surface area contributed by atoms with E-state index in [0.717, 1.165) is 24.2 Å². The Morgan fingerprint density at radius 2 is 0.583 bits per heavy atom. The van der Waals surface area contributed by atoms with Gasteiger partial charge in [0.1, 0.15) is 0 Å². The molecule has 2 nitrogen and oxygen atoms in total. The van der Waals surface area contributed by atoms with E-state index in [1.54, 1.807) is 11.1 Å². The first-order valence-electron chi connectivity index (χ1n) is 19.2. The van der Waals surface area contributed by atoms with Crippen LogP contribution in [0.25, 0.3) is 0 Å². The van der Waals surface area contributed by atoms with Gasteiger partial charge in [0.25, 0.3) is 0 Å². The SMILES string of the molecule is Cc1cc(Cc2ccc(N)cc2)cc(C)c1CCCCCCCCCCCCCCCCc1c(C)cc(Cc2ccc(N)cc2)cc1C. The first-order valence-corrected chi connectivity index (χ1v) is 19.2. The molecule has 4 aromatic rings. The fourth-order valence-electron chi connectivity index (χ4n) is 7.63. The molecule has 0 aliphatic carbocycles. The van der Waals surface area contributed by atoms with Crippen LogP contribution in [0.4, 0.5) is 11.4 Å². The van der Waals surface area contributed by atoms with Crippen molar-refractivity contribution in [1.29, 1.82) is 0 Å². The molecule has 0 fully saturated rings. The van der Waals surface area contributed by atoms with E-state index in [-0.39, 0.29) is 0 Å². The van der Waals surface area contributed by atoms with Gasteiger partial charge in [-0.25, -0.2) is 0 Å². The Morgan fingerprint density at radius 3 is 0.854 bits per heavy atom. The molecular formula is C46H64N2. The molecule has 0 aliphatic heterocycles. The fraction of sp³-hybridized carbons (Fsp3) is 0.478. The summed E-state index contributed by atoms with van der Waals surface area (Å²) in [6.07, 6.45) is 23.9. The maximum absolute atomic E-state index is 5.85. The van der Waals surface area contributed by atoms with Crippen LogP contribution < -0.4 is 11.5 Å². The second-order valence-corrected chi connectivity index (χ2v) is 14.7. The topological polar surface area (TPSA) is 52.0 Å². The Labute approximate surface area is 293 Å². The van der Waals surface area contributed by atoms with Crippen LogP contribution in [0.2, 0.25) is 0 Å². The summed E-state index contributed by atoms with van der Waals surface area (Å²) in [5.41, 5.74) is 27.8. The summed E-state index contributed by atoms with van der Waals surface area (Å²) in [6.45, 7) is 9.18. The summed E-state index contributed by atoms with van der Waals surface area (Å²) in [7, 11) is 0. The predicted octanol–water partition coefficient (Wildman–Crippen LogP) is 12.5. The van der Waals surface area contributed by atoms with Gasteiger partial charge in [-0.2, -0.15) is 0 Å². The Morgan fingerprint density at radius 1 is 0.333 bits per heavy atom. The lowest BCUT2D eigenvalue weighted by Crippen LogP contribution is -1.98. The van der Waals surface area contributed by atoms with Gasteiger partial charge in [-0.15, -0.1) is 0 Å². The van der Waals surface area contributed by atoms with Crippen LogP contribution in [-0.2, 0) is 25.7 Å². The van der Waals surface area contributed by atoms with Crippen molar-refractivity contribution in [3.8, 4) is 0 Å². The van der Waals surface area contributed by atoms with E-state index < -0.39 is 0 Å². The zero-order valence-corrected chi connectivity index (χ0v) is 30.8. The van der Waals surface area contributed by atoms with Crippen LogP contribution >= 0.6 is 0 Å². The third-order valence-electron chi connectivity index (χ3n) is 10.4. The average Bonchev–Trinajstić information content (AvgIpc) is 3.05. The van der Waals surface area contributed by atoms with Gasteiger partial charge >= 0.3 is 0 Å². The van der Waals surface area contributed by atoms with Crippen LogP contribution in [0.1, 0.15) is 146 Å². The third kappa shape index (κ3) is 12.8. The third-order valence-corrected chi connectivity index (χ3v) is 10.4. The lowest BCUT2D eigenvalue weighted by atomic mass is 9.92. The van der Waals surface area contributed by atoms with Gasteiger partial charge in [-0.05, 0) is 146 Å². The van der Waals surface area contributed by atoms with E-state index in [1.807, 2.05) is 24.3 Å². The van der Waals surface area contributed by atoms with Crippen molar-refractivity contribution >= 4 is 11.4 Å². The highest BCUT2D eigenvalue weighted by atomic mass is 14.5. The van der Waals surface area contributed by atoms with Crippen molar-refractivity contribution in [1.82, 2.24) is 0 Å². The van der Waals surface area contributed by atoms with Crippen molar-refractivity contribution < 1.29 is 0 Å². The van der Waals surface area contributed by atoms with E-state index in [2.05, 4.69) is 76.2 Å². The highest BCUT2D eigenvalue weighted by Gasteiger charge is 2.08. The molecule has 0 bridgehead atoms. The van der Waals surface area contributed by atoms with Gasteiger partial charge in [0.2, 0.25) is 0 Å². The van der Waals surface area contributed by atoms with Gasteiger partial charge in [-0.1, -0.05) is 126 Å². The number of nitrogens with two attached hydrogens (primary N) is 2. The van der Waals surface area contributed by atoms with Gasteiger partial charge in [0.15, 0.2) is 0 Å². The monoisotopic (exact) mass is 645 g/mol. The molecule has 4 N–H and O–H groups in total. The number of unbranched alkanes of at least 4 members (excludes halogenated alkanes) is 13. The molecule has 0 saturated heterocycles. The molecule has 0 aromatic heterocycles. The second kappa shape index (κ2) is 20.1. The second-order valence-electron chi connectivity index (χ2n) is 14.7. The van der Waals surface area contributed by atoms with Crippen molar-refractivity contribution in [2.24, 2.45) is 0 Å². The number of hydrogen-bond donors (Lipinski definition) is 2. The first kappa shape index (κ1) is 37.3. The minimum atomic E-state index is 0.834. The van der Waals surface area contributed by atoms with Crippen molar-refractivity contribution in [3.05, 3.63) is 128 Å². The molecule has 0 amide bonds. The first-order chi connectivity index (χ1) is 23.3. The van der Waals surface area contributed by atoms with Crippen molar-refractivity contribution in [2.75, 3.05) is 11.5 Å². The molecule has 4 rings (SSSR count). The maximum Gasteiger partial charge on any atom is 0.0314 e. The zero-order valence-electron chi connectivity index (χ0n) is 30.8. The molecule has 0 radical (unpaired) electrons. The summed E-state index contributed by atoms with van der Waals surface area (Å²) >= 11 is 0. The average molecular weight is 645 g/mol. The van der Waals surface area contributed by atoms with E-state index in [1.165, 1.54) is 147 Å². The van der Waals surface area contributed by atoms with Crippen molar-refractivity contribution in [3.63, 3.8) is 0 Å². The van der Waals surface area contributed by atoms with Crippen LogP contribution in [0.5, 0.6) is 0 Å². The van der Waals surface area contributed by atoms with Gasteiger partial charge in [-0.3, -0.25) is 0 Å². The number of anilines is 2. The molecule has 0 saturated carbocycles. The Balaban J connectivity index is 0.967. The van der Waals surface area contributed by atoms with Crippen molar-refractivity contribution in [2.45, 2.75) is 143 Å². The summed E-state index contributed by atoms with van der Waals surface area (Å²) in [5.74, 6) is 0. The number of benzene rings is 4. The molecular weight excluding hydrogens is 581 g/mol. The smallest absolute Gasteiger partial charge is 0.0314 e. The lowest BCUT2D eigenvalue weighted by molar-refractivity contribution is 0.533. The molecule has 4 aromatic carbocycles. The fourth-order valence-corrected chi connectivity index (χ4v) is 7.63. The highest BCUT2D eigenvalue weighted by molar-refractivity contribution is 5.44. The summed E-state index contributed by atoms with van der Waals surface area (Å²) in [4.78, 5) is 0.